The van der Waals surface area contributed by atoms with Gasteiger partial charge in [-0.15, -0.1) is 0 Å². The van der Waals surface area contributed by atoms with Gasteiger partial charge in [0.2, 0.25) is 0 Å². The molecule has 22 heavy (non-hydrogen) atoms. The highest BCUT2D eigenvalue weighted by atomic mass is 15.3. The number of hydrogen-bond donors (Lipinski definition) is 1. The fourth-order valence-electron chi connectivity index (χ4n) is 2.73. The lowest BCUT2D eigenvalue weighted by atomic mass is 10.1. The van der Waals surface area contributed by atoms with Gasteiger partial charge in [0, 0.05) is 26.3 Å². The fourth-order valence-corrected chi connectivity index (χ4v) is 2.73. The highest BCUT2D eigenvalue weighted by Gasteiger charge is 2.14. The van der Waals surface area contributed by atoms with Crippen LogP contribution in [0, 0.1) is 20.8 Å². The molecule has 0 saturated carbocycles. The average Bonchev–Trinajstić information content (AvgIpc) is 3.00. The Labute approximate surface area is 129 Å². The molecule has 7 nitrogen and oxygen atoms in total. The number of fused-ring (bicyclic) bond motifs is 1. The van der Waals surface area contributed by atoms with Crippen LogP contribution in [0.1, 0.15) is 22.8 Å². The van der Waals surface area contributed by atoms with E-state index in [1.165, 1.54) is 5.56 Å². The Morgan fingerprint density at radius 3 is 2.68 bits per heavy atom. The van der Waals surface area contributed by atoms with Gasteiger partial charge in [-0.3, -0.25) is 9.78 Å². The summed E-state index contributed by atoms with van der Waals surface area (Å²) in [6, 6.07) is 0. The Morgan fingerprint density at radius 2 is 2.00 bits per heavy atom. The molecule has 0 atom stereocenters. The van der Waals surface area contributed by atoms with Gasteiger partial charge >= 0.3 is 0 Å². The monoisotopic (exact) mass is 299 g/mol. The molecule has 3 aromatic heterocycles. The minimum absolute atomic E-state index is 0.758. The predicted molar refractivity (Wildman–Crippen MR) is 86.1 cm³/mol. The van der Waals surface area contributed by atoms with E-state index in [0.717, 1.165) is 47.0 Å². The highest BCUT2D eigenvalue weighted by Crippen LogP contribution is 2.23. The molecule has 3 aromatic rings. The maximum atomic E-state index is 4.60. The van der Waals surface area contributed by atoms with E-state index in [4.69, 9.17) is 0 Å². The Morgan fingerprint density at radius 1 is 1.23 bits per heavy atom. The van der Waals surface area contributed by atoms with E-state index in [1.54, 1.807) is 4.68 Å². The summed E-state index contributed by atoms with van der Waals surface area (Å²) < 4.78 is 1.78. The van der Waals surface area contributed by atoms with Crippen LogP contribution in [0.25, 0.3) is 11.0 Å². The van der Waals surface area contributed by atoms with Crippen LogP contribution in [0.2, 0.25) is 0 Å². The molecule has 0 amide bonds. The summed E-state index contributed by atoms with van der Waals surface area (Å²) in [6.45, 7) is 6.87. The average molecular weight is 299 g/mol. The summed E-state index contributed by atoms with van der Waals surface area (Å²) in [4.78, 5) is 11.2. The number of aromatic amines is 1. The minimum Gasteiger partial charge on any atom is -0.359 e. The first kappa shape index (κ1) is 14.5. The van der Waals surface area contributed by atoms with E-state index in [0.29, 0.717) is 0 Å². The Bertz CT molecular complexity index is 795. The van der Waals surface area contributed by atoms with Crippen molar-refractivity contribution in [1.29, 1.82) is 0 Å². The van der Waals surface area contributed by atoms with Gasteiger partial charge in [-0.05, 0) is 32.8 Å². The van der Waals surface area contributed by atoms with Crippen LogP contribution in [0.4, 0.5) is 5.82 Å². The van der Waals surface area contributed by atoms with E-state index in [-0.39, 0.29) is 0 Å². The van der Waals surface area contributed by atoms with Gasteiger partial charge in [0.15, 0.2) is 5.65 Å². The van der Waals surface area contributed by atoms with Gasteiger partial charge in [0.1, 0.15) is 11.6 Å². The topological polar surface area (TPSA) is 75.5 Å². The van der Waals surface area contributed by atoms with Crippen molar-refractivity contribution >= 4 is 16.9 Å². The number of anilines is 1. The third kappa shape index (κ3) is 2.43. The molecule has 0 saturated heterocycles. The maximum Gasteiger partial charge on any atom is 0.163 e. The molecule has 3 rings (SSSR count). The first-order valence-corrected chi connectivity index (χ1v) is 7.35. The van der Waals surface area contributed by atoms with E-state index in [2.05, 4.69) is 44.1 Å². The van der Waals surface area contributed by atoms with Crippen LogP contribution in [-0.2, 0) is 13.5 Å². The van der Waals surface area contributed by atoms with Gasteiger partial charge in [-0.2, -0.15) is 10.2 Å². The Hall–Kier alpha value is -2.44. The first-order chi connectivity index (χ1) is 10.5. The normalized spacial score (nSPS) is 11.3. The Kier molecular flexibility index (Phi) is 3.56. The van der Waals surface area contributed by atoms with Crippen molar-refractivity contribution in [3.63, 3.8) is 0 Å². The fraction of sp³-hybridized carbons (Fsp3) is 0.467. The lowest BCUT2D eigenvalue weighted by molar-refractivity contribution is 0.781. The quantitative estimate of drug-likeness (QED) is 0.793. The van der Waals surface area contributed by atoms with Crippen LogP contribution < -0.4 is 4.90 Å². The van der Waals surface area contributed by atoms with Crippen molar-refractivity contribution in [2.45, 2.75) is 27.2 Å². The van der Waals surface area contributed by atoms with Gasteiger partial charge in [-0.1, -0.05) is 0 Å². The van der Waals surface area contributed by atoms with Crippen molar-refractivity contribution in [1.82, 2.24) is 29.9 Å². The van der Waals surface area contributed by atoms with Gasteiger partial charge in [0.25, 0.3) is 0 Å². The summed E-state index contributed by atoms with van der Waals surface area (Å²) in [6.07, 6.45) is 2.75. The molecule has 0 aliphatic heterocycles. The number of rotatable bonds is 4. The molecule has 116 valence electrons. The maximum absolute atomic E-state index is 4.60. The van der Waals surface area contributed by atoms with Gasteiger partial charge in [0.05, 0.1) is 17.3 Å². The summed E-state index contributed by atoms with van der Waals surface area (Å²) in [5.74, 6) is 1.68. The third-order valence-electron chi connectivity index (χ3n) is 4.02. The standard InChI is InChI=1S/C15H21N7/c1-9-12(10(2)20-19-9)6-7-21(4)14-13-8-16-22(5)15(13)18-11(3)17-14/h8H,6-7H2,1-5H3,(H,19,20). The molecule has 0 fully saturated rings. The summed E-state index contributed by atoms with van der Waals surface area (Å²) in [5.41, 5.74) is 4.35. The van der Waals surface area contributed by atoms with Crippen LogP contribution >= 0.6 is 0 Å². The summed E-state index contributed by atoms with van der Waals surface area (Å²) in [7, 11) is 3.95. The van der Waals surface area contributed by atoms with E-state index in [9.17, 15) is 0 Å². The molecule has 0 spiro atoms. The zero-order valence-electron chi connectivity index (χ0n) is 13.7. The number of aryl methyl sites for hydroxylation is 4. The SMILES string of the molecule is Cc1nc(N(C)CCc2c(C)n[nH]c2C)c2cnn(C)c2n1. The molecule has 0 aliphatic rings. The minimum atomic E-state index is 0.758. The van der Waals surface area contributed by atoms with Crippen molar-refractivity contribution in [2.75, 3.05) is 18.5 Å². The summed E-state index contributed by atoms with van der Waals surface area (Å²) in [5, 5.41) is 12.6. The number of hydrogen-bond acceptors (Lipinski definition) is 5. The van der Waals surface area contributed by atoms with Gasteiger partial charge < -0.3 is 4.90 Å². The van der Waals surface area contributed by atoms with Crippen LogP contribution in [-0.4, -0.2) is 43.5 Å². The number of aromatic nitrogens is 6. The predicted octanol–water partition coefficient (Wildman–Crippen LogP) is 1.69. The second kappa shape index (κ2) is 5.40. The zero-order valence-corrected chi connectivity index (χ0v) is 13.7. The molecule has 0 aromatic carbocycles. The van der Waals surface area contributed by atoms with Crippen LogP contribution in [0.3, 0.4) is 0 Å². The number of nitrogens with one attached hydrogen (secondary N) is 1. The van der Waals surface area contributed by atoms with Crippen molar-refractivity contribution in [3.05, 3.63) is 29.0 Å². The number of nitrogens with zero attached hydrogens (tertiary/aromatic N) is 6. The smallest absolute Gasteiger partial charge is 0.163 e. The van der Waals surface area contributed by atoms with Crippen LogP contribution in [0.5, 0.6) is 0 Å². The van der Waals surface area contributed by atoms with Crippen molar-refractivity contribution < 1.29 is 0 Å². The van der Waals surface area contributed by atoms with E-state index >= 15 is 0 Å². The van der Waals surface area contributed by atoms with Crippen LogP contribution in [0.15, 0.2) is 6.20 Å². The van der Waals surface area contributed by atoms with Gasteiger partial charge in [-0.25, -0.2) is 9.97 Å². The zero-order chi connectivity index (χ0) is 15.9. The van der Waals surface area contributed by atoms with Crippen molar-refractivity contribution in [2.24, 2.45) is 7.05 Å². The molecular formula is C15H21N7. The number of H-pyrrole nitrogens is 1. The molecule has 0 radical (unpaired) electrons. The molecule has 0 bridgehead atoms. The highest BCUT2D eigenvalue weighted by molar-refractivity contribution is 5.86. The lowest BCUT2D eigenvalue weighted by Gasteiger charge is -2.19. The second-order valence-corrected chi connectivity index (χ2v) is 5.68. The molecule has 0 unspecified atom stereocenters. The van der Waals surface area contributed by atoms with E-state index < -0.39 is 0 Å². The lowest BCUT2D eigenvalue weighted by Crippen LogP contribution is -2.22. The first-order valence-electron chi connectivity index (χ1n) is 7.35. The molecular weight excluding hydrogens is 278 g/mol. The largest absolute Gasteiger partial charge is 0.359 e. The molecule has 7 heteroatoms. The molecule has 1 N–H and O–H groups in total. The Balaban J connectivity index is 1.88. The number of likely N-dealkylation sites (N-methyl/N-ethyl adjacent to an activating group) is 1. The molecule has 3 heterocycles. The second-order valence-electron chi connectivity index (χ2n) is 5.68. The third-order valence-corrected chi connectivity index (χ3v) is 4.02. The summed E-state index contributed by atoms with van der Waals surface area (Å²) >= 11 is 0. The molecule has 0 aliphatic carbocycles. The van der Waals surface area contributed by atoms with E-state index in [1.807, 2.05) is 27.1 Å². The van der Waals surface area contributed by atoms with Crippen molar-refractivity contribution in [3.8, 4) is 0 Å².